The van der Waals surface area contributed by atoms with Crippen molar-refractivity contribution >= 4 is 11.6 Å². The van der Waals surface area contributed by atoms with Crippen molar-refractivity contribution in [3.05, 3.63) is 29.8 Å². The molecule has 2 unspecified atom stereocenters. The molecule has 1 aliphatic heterocycles. The van der Waals surface area contributed by atoms with E-state index in [1.54, 1.807) is 0 Å². The second-order valence-corrected chi connectivity index (χ2v) is 5.13. The Labute approximate surface area is 116 Å². The molecule has 0 bridgehead atoms. The molecular weight excluding hydrogens is 266 g/mol. The summed E-state index contributed by atoms with van der Waals surface area (Å²) in [5.74, 6) is -1.78. The number of carbonyl (C=O) groups is 1. The number of aliphatic hydroxyl groups is 1. The second kappa shape index (κ2) is 6.28. The fourth-order valence-corrected chi connectivity index (χ4v) is 2.56. The summed E-state index contributed by atoms with van der Waals surface area (Å²) in [6.07, 6.45) is 0.895. The fraction of sp³-hybridized carbons (Fsp3) is 0.500. The highest BCUT2D eigenvalue weighted by Gasteiger charge is 2.31. The summed E-state index contributed by atoms with van der Waals surface area (Å²) >= 11 is 0. The molecule has 1 heterocycles. The number of carbonyl (C=O) groups excluding carboxylic acids is 1. The van der Waals surface area contributed by atoms with E-state index in [0.717, 1.165) is 18.6 Å². The lowest BCUT2D eigenvalue weighted by Crippen LogP contribution is -2.40. The maximum absolute atomic E-state index is 13.4. The molecule has 0 spiro atoms. The van der Waals surface area contributed by atoms with Crippen molar-refractivity contribution in [1.29, 1.82) is 0 Å². The van der Waals surface area contributed by atoms with Gasteiger partial charge in [0.2, 0.25) is 5.91 Å². The predicted octanol–water partition coefficient (Wildman–Crippen LogP) is 1.61. The van der Waals surface area contributed by atoms with Gasteiger partial charge in [-0.25, -0.2) is 8.78 Å². The molecule has 1 saturated heterocycles. The number of anilines is 1. The molecular formula is C14H18F2N2O2. The summed E-state index contributed by atoms with van der Waals surface area (Å²) in [5, 5.41) is 11.6. The largest absolute Gasteiger partial charge is 0.395 e. The maximum Gasteiger partial charge on any atom is 0.238 e. The zero-order valence-electron chi connectivity index (χ0n) is 11.3. The Bertz CT molecular complexity index is 476. The van der Waals surface area contributed by atoms with Gasteiger partial charge in [0.25, 0.3) is 0 Å². The number of hydrogen-bond donors (Lipinski definition) is 2. The van der Waals surface area contributed by atoms with Gasteiger partial charge in [-0.05, 0) is 31.0 Å². The molecule has 2 rings (SSSR count). The molecule has 1 amide bonds. The van der Waals surface area contributed by atoms with Crippen molar-refractivity contribution in [2.75, 3.05) is 25.0 Å². The van der Waals surface area contributed by atoms with E-state index in [2.05, 4.69) is 5.32 Å². The van der Waals surface area contributed by atoms with Gasteiger partial charge in [0.05, 0.1) is 13.2 Å². The molecule has 20 heavy (non-hydrogen) atoms. The van der Waals surface area contributed by atoms with E-state index in [1.165, 1.54) is 6.07 Å². The highest BCUT2D eigenvalue weighted by molar-refractivity contribution is 5.92. The van der Waals surface area contributed by atoms with Gasteiger partial charge in [0.1, 0.15) is 17.3 Å². The van der Waals surface area contributed by atoms with Crippen molar-refractivity contribution in [2.45, 2.75) is 19.4 Å². The predicted molar refractivity (Wildman–Crippen MR) is 71.2 cm³/mol. The van der Waals surface area contributed by atoms with Gasteiger partial charge in [0.15, 0.2) is 0 Å². The number of nitrogens with zero attached hydrogens (tertiary/aromatic N) is 1. The number of amides is 1. The molecule has 1 aliphatic rings. The molecule has 4 nitrogen and oxygen atoms in total. The fourth-order valence-electron chi connectivity index (χ4n) is 2.56. The molecule has 0 aliphatic carbocycles. The van der Waals surface area contributed by atoms with E-state index in [1.807, 2.05) is 11.8 Å². The third kappa shape index (κ3) is 3.13. The van der Waals surface area contributed by atoms with Crippen LogP contribution >= 0.6 is 0 Å². The van der Waals surface area contributed by atoms with E-state index in [0.29, 0.717) is 12.5 Å². The van der Waals surface area contributed by atoms with Crippen molar-refractivity contribution in [3.63, 3.8) is 0 Å². The number of para-hydroxylation sites is 1. The summed E-state index contributed by atoms with van der Waals surface area (Å²) in [6.45, 7) is 2.70. The van der Waals surface area contributed by atoms with Gasteiger partial charge >= 0.3 is 0 Å². The monoisotopic (exact) mass is 284 g/mol. The Morgan fingerprint density at radius 2 is 2.10 bits per heavy atom. The van der Waals surface area contributed by atoms with Gasteiger partial charge in [-0.3, -0.25) is 9.69 Å². The standard InChI is InChI=1S/C14H18F2N2O2/c1-9-5-6-18(12(9)8-19)7-13(20)17-14-10(15)3-2-4-11(14)16/h2-4,9,12,19H,5-8H2,1H3,(H,17,20). The smallest absolute Gasteiger partial charge is 0.238 e. The molecule has 6 heteroatoms. The first-order valence-corrected chi connectivity index (χ1v) is 6.61. The number of nitrogens with one attached hydrogen (secondary N) is 1. The van der Waals surface area contributed by atoms with Crippen molar-refractivity contribution < 1.29 is 18.7 Å². The van der Waals surface area contributed by atoms with Crippen molar-refractivity contribution in [3.8, 4) is 0 Å². The lowest BCUT2D eigenvalue weighted by atomic mass is 10.0. The van der Waals surface area contributed by atoms with Crippen molar-refractivity contribution in [1.82, 2.24) is 4.90 Å². The third-order valence-electron chi connectivity index (χ3n) is 3.76. The minimum atomic E-state index is -0.799. The Kier molecular flexibility index (Phi) is 4.67. The van der Waals surface area contributed by atoms with E-state index >= 15 is 0 Å². The number of rotatable bonds is 4. The van der Waals surface area contributed by atoms with Crippen LogP contribution in [0.5, 0.6) is 0 Å². The Balaban J connectivity index is 1.99. The number of likely N-dealkylation sites (tertiary alicyclic amines) is 1. The molecule has 110 valence electrons. The van der Waals surface area contributed by atoms with Crippen LogP contribution in [0.15, 0.2) is 18.2 Å². The summed E-state index contributed by atoms with van der Waals surface area (Å²) < 4.78 is 26.8. The topological polar surface area (TPSA) is 52.6 Å². The summed E-state index contributed by atoms with van der Waals surface area (Å²) in [7, 11) is 0. The first-order valence-electron chi connectivity index (χ1n) is 6.61. The second-order valence-electron chi connectivity index (χ2n) is 5.13. The minimum Gasteiger partial charge on any atom is -0.395 e. The minimum absolute atomic E-state index is 0.0172. The Morgan fingerprint density at radius 3 is 2.70 bits per heavy atom. The Morgan fingerprint density at radius 1 is 1.45 bits per heavy atom. The summed E-state index contributed by atoms with van der Waals surface area (Å²) in [5.41, 5.74) is -0.426. The van der Waals surface area contributed by atoms with Gasteiger partial charge in [0, 0.05) is 6.04 Å². The molecule has 0 aromatic heterocycles. The lowest BCUT2D eigenvalue weighted by Gasteiger charge is -2.24. The van der Waals surface area contributed by atoms with Crippen LogP contribution in [0.1, 0.15) is 13.3 Å². The van der Waals surface area contributed by atoms with Crippen LogP contribution < -0.4 is 5.32 Å². The van der Waals surface area contributed by atoms with Gasteiger partial charge < -0.3 is 10.4 Å². The maximum atomic E-state index is 13.4. The van der Waals surface area contributed by atoms with Crippen LogP contribution in [0.3, 0.4) is 0 Å². The highest BCUT2D eigenvalue weighted by Crippen LogP contribution is 2.23. The highest BCUT2D eigenvalue weighted by atomic mass is 19.1. The zero-order chi connectivity index (χ0) is 14.7. The van der Waals surface area contributed by atoms with E-state index in [-0.39, 0.29) is 19.2 Å². The summed E-state index contributed by atoms with van der Waals surface area (Å²) in [6, 6.07) is 3.34. The molecule has 2 atom stereocenters. The van der Waals surface area contributed by atoms with Crippen LogP contribution in [0.25, 0.3) is 0 Å². The normalized spacial score (nSPS) is 23.0. The molecule has 0 saturated carbocycles. The molecule has 0 radical (unpaired) electrons. The van der Waals surface area contributed by atoms with Crippen LogP contribution in [0.4, 0.5) is 14.5 Å². The van der Waals surface area contributed by atoms with E-state index in [9.17, 15) is 18.7 Å². The van der Waals surface area contributed by atoms with Gasteiger partial charge in [-0.1, -0.05) is 13.0 Å². The number of benzene rings is 1. The molecule has 1 fully saturated rings. The summed E-state index contributed by atoms with van der Waals surface area (Å²) in [4.78, 5) is 13.7. The SMILES string of the molecule is CC1CCN(CC(=O)Nc2c(F)cccc2F)C1CO. The van der Waals surface area contributed by atoms with Crippen LogP contribution in [-0.4, -0.2) is 41.7 Å². The van der Waals surface area contributed by atoms with Crippen LogP contribution in [0.2, 0.25) is 0 Å². The average molecular weight is 284 g/mol. The lowest BCUT2D eigenvalue weighted by molar-refractivity contribution is -0.117. The first kappa shape index (κ1) is 14.9. The average Bonchev–Trinajstić information content (AvgIpc) is 2.74. The Hall–Kier alpha value is -1.53. The quantitative estimate of drug-likeness (QED) is 0.883. The molecule has 1 aromatic carbocycles. The van der Waals surface area contributed by atoms with Crippen LogP contribution in [-0.2, 0) is 4.79 Å². The third-order valence-corrected chi connectivity index (χ3v) is 3.76. The number of aliphatic hydroxyl groups excluding tert-OH is 1. The molecule has 1 aromatic rings. The van der Waals surface area contributed by atoms with Crippen molar-refractivity contribution in [2.24, 2.45) is 5.92 Å². The number of hydrogen-bond acceptors (Lipinski definition) is 3. The van der Waals surface area contributed by atoms with Gasteiger partial charge in [-0.2, -0.15) is 0 Å². The van der Waals surface area contributed by atoms with E-state index in [4.69, 9.17) is 0 Å². The van der Waals surface area contributed by atoms with Crippen LogP contribution in [0, 0.1) is 17.6 Å². The first-order chi connectivity index (χ1) is 9.52. The van der Waals surface area contributed by atoms with E-state index < -0.39 is 23.2 Å². The molecule has 2 N–H and O–H groups in total. The zero-order valence-corrected chi connectivity index (χ0v) is 11.3. The van der Waals surface area contributed by atoms with Gasteiger partial charge in [-0.15, -0.1) is 0 Å². The number of halogens is 2.